The van der Waals surface area contributed by atoms with Gasteiger partial charge in [0.05, 0.1) is 19.3 Å². The van der Waals surface area contributed by atoms with Crippen molar-refractivity contribution < 1.29 is 19.1 Å². The van der Waals surface area contributed by atoms with Gasteiger partial charge in [-0.3, -0.25) is 20.4 Å². The van der Waals surface area contributed by atoms with Crippen molar-refractivity contribution in [1.29, 1.82) is 0 Å². The molecule has 132 valence electrons. The molecule has 0 aliphatic carbocycles. The summed E-state index contributed by atoms with van der Waals surface area (Å²) in [5.74, 6) is 0.292. The topological polar surface area (TPSA) is 76.7 Å². The van der Waals surface area contributed by atoms with Crippen LogP contribution in [0.2, 0.25) is 0 Å². The van der Waals surface area contributed by atoms with E-state index < -0.39 is 11.8 Å². The lowest BCUT2D eigenvalue weighted by Gasteiger charge is -2.12. The van der Waals surface area contributed by atoms with Crippen LogP contribution in [0.4, 0.5) is 0 Å². The molecular formula is C19H22N2O4. The number of carbonyl (C=O) groups excluding carboxylic acids is 2. The van der Waals surface area contributed by atoms with Crippen LogP contribution >= 0.6 is 0 Å². The number of hydrogen-bond donors (Lipinski definition) is 2. The van der Waals surface area contributed by atoms with Crippen molar-refractivity contribution in [3.63, 3.8) is 0 Å². The van der Waals surface area contributed by atoms with Crippen LogP contribution in [-0.2, 0) is 0 Å². The molecule has 2 N–H and O–H groups in total. The highest BCUT2D eigenvalue weighted by Crippen LogP contribution is 2.18. The molecule has 0 aromatic heterocycles. The van der Waals surface area contributed by atoms with E-state index in [1.54, 1.807) is 55.6 Å². The fourth-order valence-electron chi connectivity index (χ4n) is 2.10. The molecule has 0 atom stereocenters. The highest BCUT2D eigenvalue weighted by atomic mass is 16.5. The monoisotopic (exact) mass is 342 g/mol. The van der Waals surface area contributed by atoms with Crippen molar-refractivity contribution >= 4 is 11.8 Å². The van der Waals surface area contributed by atoms with Crippen LogP contribution in [0.5, 0.6) is 11.5 Å². The largest absolute Gasteiger partial charge is 0.497 e. The Morgan fingerprint density at radius 1 is 0.960 bits per heavy atom. The number of methoxy groups -OCH3 is 1. The van der Waals surface area contributed by atoms with E-state index in [9.17, 15) is 9.59 Å². The Labute approximate surface area is 147 Å². The van der Waals surface area contributed by atoms with Gasteiger partial charge in [0.25, 0.3) is 11.8 Å². The first-order valence-electron chi connectivity index (χ1n) is 8.12. The molecule has 2 aromatic carbocycles. The zero-order valence-electron chi connectivity index (χ0n) is 14.4. The number of carbonyl (C=O) groups is 2. The molecule has 2 amide bonds. The quantitative estimate of drug-likeness (QED) is 0.599. The van der Waals surface area contributed by atoms with Crippen LogP contribution in [0.3, 0.4) is 0 Å². The maximum absolute atomic E-state index is 12.3. The van der Waals surface area contributed by atoms with Crippen molar-refractivity contribution in [3.05, 3.63) is 59.7 Å². The first-order valence-corrected chi connectivity index (χ1v) is 8.12. The molecule has 2 rings (SSSR count). The van der Waals surface area contributed by atoms with Gasteiger partial charge in [-0.2, -0.15) is 0 Å². The lowest BCUT2D eigenvalue weighted by molar-refractivity contribution is 0.0844. The maximum Gasteiger partial charge on any atom is 0.273 e. The molecule has 0 spiro atoms. The highest BCUT2D eigenvalue weighted by Gasteiger charge is 2.13. The molecule has 0 aliphatic rings. The Balaban J connectivity index is 1.96. The number of para-hydroxylation sites is 1. The van der Waals surface area contributed by atoms with Gasteiger partial charge in [-0.1, -0.05) is 25.5 Å². The van der Waals surface area contributed by atoms with Crippen molar-refractivity contribution in [1.82, 2.24) is 10.9 Å². The Morgan fingerprint density at radius 2 is 1.64 bits per heavy atom. The summed E-state index contributed by atoms with van der Waals surface area (Å²) in [6.45, 7) is 2.61. The predicted octanol–water partition coefficient (Wildman–Crippen LogP) is 2.95. The molecule has 2 aromatic rings. The van der Waals surface area contributed by atoms with Gasteiger partial charge in [0.2, 0.25) is 0 Å². The minimum Gasteiger partial charge on any atom is -0.497 e. The Kier molecular flexibility index (Phi) is 6.83. The molecule has 0 heterocycles. The number of nitrogens with one attached hydrogen (secondary N) is 2. The zero-order chi connectivity index (χ0) is 18.1. The van der Waals surface area contributed by atoms with E-state index in [0.717, 1.165) is 12.8 Å². The van der Waals surface area contributed by atoms with Gasteiger partial charge in [0, 0.05) is 5.56 Å². The predicted molar refractivity (Wildman–Crippen MR) is 94.8 cm³/mol. The Bertz CT molecular complexity index is 714. The van der Waals surface area contributed by atoms with E-state index in [-0.39, 0.29) is 0 Å². The van der Waals surface area contributed by atoms with E-state index in [1.807, 2.05) is 0 Å². The lowest BCUT2D eigenvalue weighted by atomic mass is 10.2. The normalized spacial score (nSPS) is 10.0. The van der Waals surface area contributed by atoms with Crippen LogP contribution in [0.1, 0.15) is 40.5 Å². The van der Waals surface area contributed by atoms with Crippen molar-refractivity contribution in [3.8, 4) is 11.5 Å². The highest BCUT2D eigenvalue weighted by molar-refractivity contribution is 6.00. The summed E-state index contributed by atoms with van der Waals surface area (Å²) in [4.78, 5) is 24.4. The fourth-order valence-corrected chi connectivity index (χ4v) is 2.10. The van der Waals surface area contributed by atoms with Gasteiger partial charge in [0.1, 0.15) is 11.5 Å². The molecular weight excluding hydrogens is 320 g/mol. The first kappa shape index (κ1) is 18.3. The zero-order valence-corrected chi connectivity index (χ0v) is 14.4. The fraction of sp³-hybridized carbons (Fsp3) is 0.263. The van der Waals surface area contributed by atoms with Crippen LogP contribution < -0.4 is 20.3 Å². The standard InChI is InChI=1S/C19H22N2O4/c1-3-4-13-25-17-8-6-5-7-16(17)19(23)21-20-18(22)14-9-11-15(24-2)12-10-14/h5-12H,3-4,13H2,1-2H3,(H,20,22)(H,21,23). The molecule has 0 unspecified atom stereocenters. The smallest absolute Gasteiger partial charge is 0.273 e. The van der Waals surface area contributed by atoms with Gasteiger partial charge < -0.3 is 9.47 Å². The second-order valence-corrected chi connectivity index (χ2v) is 5.33. The summed E-state index contributed by atoms with van der Waals surface area (Å²) in [7, 11) is 1.55. The second kappa shape index (κ2) is 9.32. The molecule has 0 saturated heterocycles. The van der Waals surface area contributed by atoms with E-state index in [1.165, 1.54) is 0 Å². The van der Waals surface area contributed by atoms with E-state index in [0.29, 0.717) is 29.2 Å². The van der Waals surface area contributed by atoms with Crippen LogP contribution in [0.15, 0.2) is 48.5 Å². The molecule has 0 fully saturated rings. The van der Waals surface area contributed by atoms with Crippen molar-refractivity contribution in [2.24, 2.45) is 0 Å². The third kappa shape index (κ3) is 5.24. The number of benzene rings is 2. The molecule has 0 bridgehead atoms. The third-order valence-corrected chi connectivity index (χ3v) is 3.53. The number of amides is 2. The van der Waals surface area contributed by atoms with Crippen LogP contribution in [-0.4, -0.2) is 25.5 Å². The molecule has 6 heteroatoms. The van der Waals surface area contributed by atoms with Gasteiger partial charge in [-0.25, -0.2) is 0 Å². The molecule has 0 saturated carbocycles. The first-order chi connectivity index (χ1) is 12.2. The van der Waals surface area contributed by atoms with E-state index in [2.05, 4.69) is 17.8 Å². The maximum atomic E-state index is 12.3. The number of hydrazine groups is 1. The van der Waals surface area contributed by atoms with E-state index >= 15 is 0 Å². The minimum atomic E-state index is -0.436. The van der Waals surface area contributed by atoms with Crippen LogP contribution in [0, 0.1) is 0 Å². The van der Waals surface area contributed by atoms with Crippen molar-refractivity contribution in [2.45, 2.75) is 19.8 Å². The average molecular weight is 342 g/mol. The average Bonchev–Trinajstić information content (AvgIpc) is 2.66. The third-order valence-electron chi connectivity index (χ3n) is 3.53. The van der Waals surface area contributed by atoms with E-state index in [4.69, 9.17) is 9.47 Å². The summed E-state index contributed by atoms with van der Waals surface area (Å²) in [6.07, 6.45) is 1.91. The molecule has 0 aliphatic heterocycles. The van der Waals surface area contributed by atoms with Gasteiger partial charge >= 0.3 is 0 Å². The number of hydrogen-bond acceptors (Lipinski definition) is 4. The van der Waals surface area contributed by atoms with Gasteiger partial charge in [-0.15, -0.1) is 0 Å². The summed E-state index contributed by atoms with van der Waals surface area (Å²) >= 11 is 0. The van der Waals surface area contributed by atoms with Gasteiger partial charge in [0.15, 0.2) is 0 Å². The summed E-state index contributed by atoms with van der Waals surface area (Å²) in [6, 6.07) is 13.5. The summed E-state index contributed by atoms with van der Waals surface area (Å²) in [5.41, 5.74) is 5.58. The Morgan fingerprint density at radius 3 is 2.32 bits per heavy atom. The number of rotatable bonds is 7. The Hall–Kier alpha value is -3.02. The number of ether oxygens (including phenoxy) is 2. The molecule has 6 nitrogen and oxygen atoms in total. The summed E-state index contributed by atoms with van der Waals surface area (Å²) in [5, 5.41) is 0. The lowest BCUT2D eigenvalue weighted by Crippen LogP contribution is -2.41. The molecule has 0 radical (unpaired) electrons. The minimum absolute atomic E-state index is 0.369. The SMILES string of the molecule is CCCCOc1ccccc1C(=O)NNC(=O)c1ccc(OC)cc1. The van der Waals surface area contributed by atoms with Crippen molar-refractivity contribution in [2.75, 3.05) is 13.7 Å². The number of unbranched alkanes of at least 4 members (excludes halogenated alkanes) is 1. The molecule has 25 heavy (non-hydrogen) atoms. The van der Waals surface area contributed by atoms with Gasteiger partial charge in [-0.05, 0) is 42.8 Å². The van der Waals surface area contributed by atoms with Crippen LogP contribution in [0.25, 0.3) is 0 Å². The summed E-state index contributed by atoms with van der Waals surface area (Å²) < 4.78 is 10.7. The second-order valence-electron chi connectivity index (χ2n) is 5.33.